The van der Waals surface area contributed by atoms with E-state index in [1.165, 1.54) is 18.3 Å². The number of furan rings is 1. The molecule has 0 atom stereocenters. The van der Waals surface area contributed by atoms with Crippen molar-refractivity contribution in [2.75, 3.05) is 5.32 Å². The van der Waals surface area contributed by atoms with Gasteiger partial charge >= 0.3 is 0 Å². The summed E-state index contributed by atoms with van der Waals surface area (Å²) in [5.41, 5.74) is 6.73. The van der Waals surface area contributed by atoms with Crippen molar-refractivity contribution in [1.29, 1.82) is 0 Å². The van der Waals surface area contributed by atoms with Crippen molar-refractivity contribution in [3.05, 3.63) is 46.5 Å². The Morgan fingerprint density at radius 2 is 2.28 bits per heavy atom. The summed E-state index contributed by atoms with van der Waals surface area (Å²) in [6, 6.07) is 7.63. The van der Waals surface area contributed by atoms with Gasteiger partial charge in [-0.3, -0.25) is 4.79 Å². The van der Waals surface area contributed by atoms with Crippen molar-refractivity contribution in [2.24, 2.45) is 10.7 Å². The quantitative estimate of drug-likeness (QED) is 0.454. The molecular weight excluding hydrogens is 358 g/mol. The Labute approximate surface area is 152 Å². The largest absolute Gasteiger partial charge is 0.467 e. The third-order valence-electron chi connectivity index (χ3n) is 3.15. The van der Waals surface area contributed by atoms with Crippen molar-refractivity contribution in [3.8, 4) is 10.6 Å². The van der Waals surface area contributed by atoms with Crippen LogP contribution in [0.25, 0.3) is 10.6 Å². The van der Waals surface area contributed by atoms with Gasteiger partial charge < -0.3 is 20.8 Å². The molecule has 0 radical (unpaired) electrons. The Balaban J connectivity index is 1.60. The number of thiazole rings is 1. The van der Waals surface area contributed by atoms with E-state index in [0.29, 0.717) is 18.2 Å². The van der Waals surface area contributed by atoms with E-state index in [4.69, 9.17) is 10.2 Å². The van der Waals surface area contributed by atoms with E-state index in [1.54, 1.807) is 17.6 Å². The molecule has 0 bridgehead atoms. The SMILES string of the molecule is CC(=O)NCc1ccc(-c2csc(NC(N)=NCc3ccco3)n2)s1. The number of amides is 1. The Morgan fingerprint density at radius 1 is 1.40 bits per heavy atom. The lowest BCUT2D eigenvalue weighted by Gasteiger charge is -2.00. The topological polar surface area (TPSA) is 106 Å². The molecule has 7 nitrogen and oxygen atoms in total. The van der Waals surface area contributed by atoms with Crippen LogP contribution in [0.1, 0.15) is 17.6 Å². The number of nitrogens with one attached hydrogen (secondary N) is 2. The minimum absolute atomic E-state index is 0.0422. The molecule has 0 spiro atoms. The maximum absolute atomic E-state index is 11.0. The lowest BCUT2D eigenvalue weighted by atomic mass is 10.3. The monoisotopic (exact) mass is 375 g/mol. The first kappa shape index (κ1) is 17.2. The second kappa shape index (κ2) is 7.95. The Bertz CT molecular complexity index is 867. The van der Waals surface area contributed by atoms with E-state index in [0.717, 1.165) is 21.2 Å². The van der Waals surface area contributed by atoms with Crippen molar-refractivity contribution in [1.82, 2.24) is 10.3 Å². The first-order chi connectivity index (χ1) is 12.1. The number of aliphatic imine (C=N–C) groups is 1. The standard InChI is InChI=1S/C16H17N5O2S2/c1-10(22)18-8-12-4-5-14(25-12)13-9-24-16(20-13)21-15(17)19-7-11-3-2-6-23-11/h2-6,9H,7-8H2,1H3,(H,18,22)(H3,17,19,20,21). The molecule has 25 heavy (non-hydrogen) atoms. The molecule has 3 heterocycles. The number of carbonyl (C=O) groups is 1. The maximum atomic E-state index is 11.0. The van der Waals surface area contributed by atoms with Gasteiger partial charge in [-0.2, -0.15) is 0 Å². The van der Waals surface area contributed by atoms with Gasteiger partial charge in [-0.1, -0.05) is 0 Å². The average Bonchev–Trinajstić information content (AvgIpc) is 3.32. The lowest BCUT2D eigenvalue weighted by molar-refractivity contribution is -0.119. The fourth-order valence-electron chi connectivity index (χ4n) is 1.98. The number of anilines is 1. The lowest BCUT2D eigenvalue weighted by Crippen LogP contribution is -2.22. The predicted molar refractivity (Wildman–Crippen MR) is 101 cm³/mol. The average molecular weight is 375 g/mol. The molecular formula is C16H17N5O2S2. The molecule has 1 amide bonds. The highest BCUT2D eigenvalue weighted by Crippen LogP contribution is 2.30. The van der Waals surface area contributed by atoms with Crippen LogP contribution in [0, 0.1) is 0 Å². The molecule has 0 saturated carbocycles. The summed E-state index contributed by atoms with van der Waals surface area (Å²) in [6.07, 6.45) is 1.60. The molecule has 0 aliphatic heterocycles. The summed E-state index contributed by atoms with van der Waals surface area (Å²) < 4.78 is 5.20. The minimum atomic E-state index is -0.0422. The molecule has 0 aliphatic rings. The van der Waals surface area contributed by atoms with Gasteiger partial charge in [0.1, 0.15) is 12.3 Å². The second-order valence-electron chi connectivity index (χ2n) is 5.12. The molecule has 4 N–H and O–H groups in total. The number of thiophene rings is 1. The fourth-order valence-corrected chi connectivity index (χ4v) is 3.68. The van der Waals surface area contributed by atoms with Gasteiger partial charge in [0, 0.05) is 17.2 Å². The van der Waals surface area contributed by atoms with Crippen LogP contribution in [0.15, 0.2) is 45.3 Å². The van der Waals surface area contributed by atoms with Crippen LogP contribution in [0.2, 0.25) is 0 Å². The zero-order chi connectivity index (χ0) is 17.6. The summed E-state index contributed by atoms with van der Waals surface area (Å²) in [4.78, 5) is 21.8. The van der Waals surface area contributed by atoms with Gasteiger partial charge in [0.2, 0.25) is 5.91 Å². The third kappa shape index (κ3) is 4.91. The smallest absolute Gasteiger partial charge is 0.217 e. The van der Waals surface area contributed by atoms with Crippen LogP contribution in [0.3, 0.4) is 0 Å². The minimum Gasteiger partial charge on any atom is -0.467 e. The molecule has 130 valence electrons. The number of hydrogen-bond donors (Lipinski definition) is 3. The van der Waals surface area contributed by atoms with Gasteiger partial charge in [-0.05, 0) is 24.3 Å². The van der Waals surface area contributed by atoms with Crippen LogP contribution in [0.4, 0.5) is 5.13 Å². The van der Waals surface area contributed by atoms with Gasteiger partial charge in [-0.15, -0.1) is 22.7 Å². The van der Waals surface area contributed by atoms with Gasteiger partial charge in [-0.25, -0.2) is 9.98 Å². The van der Waals surface area contributed by atoms with Crippen LogP contribution in [-0.2, 0) is 17.9 Å². The molecule has 0 unspecified atom stereocenters. The van der Waals surface area contributed by atoms with Gasteiger partial charge in [0.15, 0.2) is 11.1 Å². The van der Waals surface area contributed by atoms with Crippen molar-refractivity contribution < 1.29 is 9.21 Å². The number of carbonyl (C=O) groups excluding carboxylic acids is 1. The summed E-state index contributed by atoms with van der Waals surface area (Å²) >= 11 is 3.05. The zero-order valence-corrected chi connectivity index (χ0v) is 15.1. The van der Waals surface area contributed by atoms with E-state index >= 15 is 0 Å². The number of nitrogens with zero attached hydrogens (tertiary/aromatic N) is 2. The highest BCUT2D eigenvalue weighted by atomic mass is 32.1. The normalized spacial score (nSPS) is 11.5. The van der Waals surface area contributed by atoms with Crippen molar-refractivity contribution >= 4 is 39.7 Å². The Morgan fingerprint density at radius 3 is 3.04 bits per heavy atom. The molecule has 3 aromatic heterocycles. The maximum Gasteiger partial charge on any atom is 0.217 e. The summed E-state index contributed by atoms with van der Waals surface area (Å²) in [5, 5.41) is 8.40. The molecule has 0 fully saturated rings. The van der Waals surface area contributed by atoms with Crippen molar-refractivity contribution in [3.63, 3.8) is 0 Å². The van der Waals surface area contributed by atoms with Crippen molar-refractivity contribution in [2.45, 2.75) is 20.0 Å². The third-order valence-corrected chi connectivity index (χ3v) is 5.02. The molecule has 0 aromatic carbocycles. The number of hydrogen-bond acceptors (Lipinski definition) is 6. The molecule has 3 rings (SSSR count). The van der Waals surface area contributed by atoms with E-state index in [9.17, 15) is 4.79 Å². The van der Waals surface area contributed by atoms with Crippen LogP contribution >= 0.6 is 22.7 Å². The molecule has 3 aromatic rings. The van der Waals surface area contributed by atoms with E-state index in [1.807, 2.05) is 29.6 Å². The van der Waals surface area contributed by atoms with Crippen LogP contribution in [-0.4, -0.2) is 16.9 Å². The second-order valence-corrected chi connectivity index (χ2v) is 7.15. The van der Waals surface area contributed by atoms with E-state index < -0.39 is 0 Å². The molecule has 0 aliphatic carbocycles. The number of rotatable bonds is 6. The molecule has 9 heteroatoms. The highest BCUT2D eigenvalue weighted by Gasteiger charge is 2.09. The number of nitrogens with two attached hydrogens (primary N) is 1. The summed E-state index contributed by atoms with van der Waals surface area (Å²) in [6.45, 7) is 2.41. The van der Waals surface area contributed by atoms with E-state index in [2.05, 4.69) is 20.6 Å². The van der Waals surface area contributed by atoms with Gasteiger partial charge in [0.25, 0.3) is 0 Å². The van der Waals surface area contributed by atoms with E-state index in [-0.39, 0.29) is 11.9 Å². The highest BCUT2D eigenvalue weighted by molar-refractivity contribution is 7.17. The number of guanidine groups is 1. The van der Waals surface area contributed by atoms with Gasteiger partial charge in [0.05, 0.1) is 23.4 Å². The van der Waals surface area contributed by atoms with Crippen LogP contribution < -0.4 is 16.4 Å². The summed E-state index contributed by atoms with van der Waals surface area (Å²) in [7, 11) is 0. The predicted octanol–water partition coefficient (Wildman–Crippen LogP) is 3.03. The molecule has 0 saturated heterocycles. The van der Waals surface area contributed by atoms with Crippen LogP contribution in [0.5, 0.6) is 0 Å². The zero-order valence-electron chi connectivity index (χ0n) is 13.5. The Hall–Kier alpha value is -2.65. The summed E-state index contributed by atoms with van der Waals surface area (Å²) in [5.74, 6) is 0.990. The first-order valence-electron chi connectivity index (χ1n) is 7.48. The fraction of sp³-hybridized carbons (Fsp3) is 0.188. The first-order valence-corrected chi connectivity index (χ1v) is 9.18. The Kier molecular flexibility index (Phi) is 5.46. The number of aromatic nitrogens is 1.